The van der Waals surface area contributed by atoms with Crippen LogP contribution < -0.4 is 11.1 Å². The summed E-state index contributed by atoms with van der Waals surface area (Å²) in [5.41, 5.74) is 6.91. The summed E-state index contributed by atoms with van der Waals surface area (Å²) < 4.78 is 0. The lowest BCUT2D eigenvalue weighted by molar-refractivity contribution is -0.123. The number of hydrogen-bond donors (Lipinski definition) is 2. The summed E-state index contributed by atoms with van der Waals surface area (Å²) in [4.78, 5) is 16.4. The average molecular weight is 312 g/mol. The summed E-state index contributed by atoms with van der Waals surface area (Å²) in [6.07, 6.45) is 8.87. The number of aromatic nitrogens is 1. The Balaban J connectivity index is 0.00000220. The van der Waals surface area contributed by atoms with Gasteiger partial charge in [0.25, 0.3) is 0 Å². The van der Waals surface area contributed by atoms with E-state index in [9.17, 15) is 4.79 Å². The quantitative estimate of drug-likeness (QED) is 0.878. The fraction of sp³-hybridized carbons (Fsp3) is 0.625. The second kappa shape index (κ2) is 9.00. The molecule has 0 aliphatic heterocycles. The Bertz CT molecular complexity index is 421. The van der Waals surface area contributed by atoms with Crippen molar-refractivity contribution in [1.82, 2.24) is 10.3 Å². The van der Waals surface area contributed by atoms with Crippen molar-refractivity contribution in [3.05, 3.63) is 30.1 Å². The summed E-state index contributed by atoms with van der Waals surface area (Å²) in [6.45, 7) is 1.94. The van der Waals surface area contributed by atoms with Gasteiger partial charge in [-0.1, -0.05) is 38.2 Å². The highest BCUT2D eigenvalue weighted by atomic mass is 35.5. The van der Waals surface area contributed by atoms with Crippen LogP contribution in [0.25, 0.3) is 0 Å². The molecule has 2 atom stereocenters. The lowest BCUT2D eigenvalue weighted by atomic mass is 9.85. The molecule has 1 amide bonds. The van der Waals surface area contributed by atoms with Crippen molar-refractivity contribution in [2.24, 2.45) is 11.7 Å². The van der Waals surface area contributed by atoms with Crippen molar-refractivity contribution in [3.8, 4) is 0 Å². The van der Waals surface area contributed by atoms with E-state index in [2.05, 4.69) is 10.3 Å². The molecule has 0 aromatic carbocycles. The number of rotatable bonds is 5. The van der Waals surface area contributed by atoms with Crippen LogP contribution in [0.3, 0.4) is 0 Å². The molecular formula is C16H26ClN3O. The lowest BCUT2D eigenvalue weighted by Gasteiger charge is -2.25. The molecule has 0 saturated heterocycles. The van der Waals surface area contributed by atoms with Crippen molar-refractivity contribution in [3.63, 3.8) is 0 Å². The SMILES string of the molecule is CC(NC(=O)C(N)CC1CCCCC1)c1ccccn1.Cl. The molecular weight excluding hydrogens is 286 g/mol. The molecule has 1 heterocycles. The first-order valence-corrected chi connectivity index (χ1v) is 7.63. The highest BCUT2D eigenvalue weighted by Crippen LogP contribution is 2.27. The van der Waals surface area contributed by atoms with E-state index in [0.717, 1.165) is 12.1 Å². The molecule has 21 heavy (non-hydrogen) atoms. The Hall–Kier alpha value is -1.13. The Morgan fingerprint density at radius 3 is 2.71 bits per heavy atom. The van der Waals surface area contributed by atoms with Crippen LogP contribution in [0.4, 0.5) is 0 Å². The van der Waals surface area contributed by atoms with Gasteiger partial charge in [-0.2, -0.15) is 0 Å². The standard InChI is InChI=1S/C16H25N3O.ClH/c1-12(15-9-5-6-10-18-15)19-16(20)14(17)11-13-7-3-2-4-8-13;/h5-6,9-10,12-14H,2-4,7-8,11,17H2,1H3,(H,19,20);1H. The molecule has 2 rings (SSSR count). The third-order valence-electron chi connectivity index (χ3n) is 4.14. The summed E-state index contributed by atoms with van der Waals surface area (Å²) >= 11 is 0. The van der Waals surface area contributed by atoms with Crippen LogP contribution in [0.1, 0.15) is 57.2 Å². The number of nitrogens with one attached hydrogen (secondary N) is 1. The van der Waals surface area contributed by atoms with E-state index in [1.54, 1.807) is 6.20 Å². The smallest absolute Gasteiger partial charge is 0.237 e. The summed E-state index contributed by atoms with van der Waals surface area (Å²) in [7, 11) is 0. The van der Waals surface area contributed by atoms with E-state index in [-0.39, 0.29) is 24.4 Å². The van der Waals surface area contributed by atoms with E-state index in [1.165, 1.54) is 32.1 Å². The third kappa shape index (κ3) is 5.64. The molecule has 0 bridgehead atoms. The molecule has 1 aliphatic rings. The second-order valence-corrected chi connectivity index (χ2v) is 5.83. The maximum Gasteiger partial charge on any atom is 0.237 e. The summed E-state index contributed by atoms with van der Waals surface area (Å²) in [6, 6.07) is 5.21. The zero-order valence-electron chi connectivity index (χ0n) is 12.6. The lowest BCUT2D eigenvalue weighted by Crippen LogP contribution is -2.43. The number of nitrogens with zero attached hydrogens (tertiary/aromatic N) is 1. The molecule has 0 spiro atoms. The molecule has 1 fully saturated rings. The minimum atomic E-state index is -0.399. The largest absolute Gasteiger partial charge is 0.347 e. The van der Waals surface area contributed by atoms with Crippen LogP contribution in [-0.2, 0) is 4.79 Å². The number of hydrogen-bond acceptors (Lipinski definition) is 3. The van der Waals surface area contributed by atoms with Gasteiger partial charge in [0, 0.05) is 6.20 Å². The first-order valence-electron chi connectivity index (χ1n) is 7.63. The highest BCUT2D eigenvalue weighted by molar-refractivity contribution is 5.85. The molecule has 1 aromatic heterocycles. The monoisotopic (exact) mass is 311 g/mol. The predicted molar refractivity (Wildman–Crippen MR) is 87.2 cm³/mol. The van der Waals surface area contributed by atoms with E-state index in [1.807, 2.05) is 25.1 Å². The van der Waals surface area contributed by atoms with Crippen molar-refractivity contribution in [1.29, 1.82) is 0 Å². The zero-order valence-corrected chi connectivity index (χ0v) is 13.4. The van der Waals surface area contributed by atoms with Crippen LogP contribution in [0, 0.1) is 5.92 Å². The van der Waals surface area contributed by atoms with Crippen molar-refractivity contribution in [2.75, 3.05) is 0 Å². The normalized spacial score (nSPS) is 18.4. The van der Waals surface area contributed by atoms with E-state index in [0.29, 0.717) is 5.92 Å². The minimum absolute atomic E-state index is 0. The van der Waals surface area contributed by atoms with Crippen LogP contribution in [-0.4, -0.2) is 16.9 Å². The zero-order chi connectivity index (χ0) is 14.4. The van der Waals surface area contributed by atoms with E-state index < -0.39 is 6.04 Å². The maximum atomic E-state index is 12.1. The van der Waals surface area contributed by atoms with Gasteiger partial charge in [0.2, 0.25) is 5.91 Å². The minimum Gasteiger partial charge on any atom is -0.347 e. The van der Waals surface area contributed by atoms with E-state index in [4.69, 9.17) is 5.73 Å². The number of carbonyl (C=O) groups excluding carboxylic acids is 1. The topological polar surface area (TPSA) is 68.0 Å². The second-order valence-electron chi connectivity index (χ2n) is 5.83. The van der Waals surface area contributed by atoms with Gasteiger partial charge in [0.15, 0.2) is 0 Å². The first kappa shape index (κ1) is 17.9. The van der Waals surface area contributed by atoms with Crippen LogP contribution in [0.5, 0.6) is 0 Å². The fourth-order valence-corrected chi connectivity index (χ4v) is 2.92. The third-order valence-corrected chi connectivity index (χ3v) is 4.14. The first-order chi connectivity index (χ1) is 9.66. The van der Waals surface area contributed by atoms with Crippen LogP contribution in [0.2, 0.25) is 0 Å². The number of pyridine rings is 1. The maximum absolute atomic E-state index is 12.1. The van der Waals surface area contributed by atoms with Crippen molar-refractivity contribution in [2.45, 2.75) is 57.5 Å². The fourth-order valence-electron chi connectivity index (χ4n) is 2.92. The molecule has 5 heteroatoms. The molecule has 1 aliphatic carbocycles. The Kier molecular flexibility index (Phi) is 7.68. The highest BCUT2D eigenvalue weighted by Gasteiger charge is 2.22. The van der Waals surface area contributed by atoms with Gasteiger partial charge in [0.05, 0.1) is 17.8 Å². The van der Waals surface area contributed by atoms with Gasteiger partial charge in [-0.15, -0.1) is 12.4 Å². The predicted octanol–water partition coefficient (Wildman–Crippen LogP) is 2.98. The van der Waals surface area contributed by atoms with Gasteiger partial charge in [-0.3, -0.25) is 9.78 Å². The number of amides is 1. The molecule has 4 nitrogen and oxygen atoms in total. The number of nitrogens with two attached hydrogens (primary N) is 1. The van der Waals surface area contributed by atoms with Gasteiger partial charge >= 0.3 is 0 Å². The average Bonchev–Trinajstić information content (AvgIpc) is 2.49. The van der Waals surface area contributed by atoms with Gasteiger partial charge in [-0.25, -0.2) is 0 Å². The molecule has 0 radical (unpaired) electrons. The molecule has 1 saturated carbocycles. The Morgan fingerprint density at radius 1 is 1.38 bits per heavy atom. The van der Waals surface area contributed by atoms with Gasteiger partial charge < -0.3 is 11.1 Å². The molecule has 1 aromatic rings. The molecule has 2 unspecified atom stereocenters. The van der Waals surface area contributed by atoms with Gasteiger partial charge in [0.1, 0.15) is 0 Å². The summed E-state index contributed by atoms with van der Waals surface area (Å²) in [5.74, 6) is 0.559. The Morgan fingerprint density at radius 2 is 2.10 bits per heavy atom. The Labute approximate surface area is 133 Å². The summed E-state index contributed by atoms with van der Waals surface area (Å²) in [5, 5.41) is 2.96. The van der Waals surface area contributed by atoms with Gasteiger partial charge in [-0.05, 0) is 31.4 Å². The van der Waals surface area contributed by atoms with E-state index >= 15 is 0 Å². The van der Waals surface area contributed by atoms with Crippen molar-refractivity contribution < 1.29 is 4.79 Å². The van der Waals surface area contributed by atoms with Crippen molar-refractivity contribution >= 4 is 18.3 Å². The van der Waals surface area contributed by atoms with Crippen LogP contribution >= 0.6 is 12.4 Å². The molecule has 3 N–H and O–H groups in total. The number of carbonyl (C=O) groups is 1. The van der Waals surface area contributed by atoms with Crippen LogP contribution in [0.15, 0.2) is 24.4 Å². The molecule has 118 valence electrons. The number of halogens is 1.